The fourth-order valence-corrected chi connectivity index (χ4v) is 2.95. The molecule has 0 bridgehead atoms. The lowest BCUT2D eigenvalue weighted by molar-refractivity contribution is 0.0281. The van der Waals surface area contributed by atoms with E-state index in [1.807, 2.05) is 0 Å². The van der Waals surface area contributed by atoms with Crippen molar-refractivity contribution in [2.45, 2.75) is 72.4 Å². The molecule has 0 radical (unpaired) electrons. The lowest BCUT2D eigenvalue weighted by Gasteiger charge is -2.29. The third-order valence-corrected chi connectivity index (χ3v) is 4.13. The van der Waals surface area contributed by atoms with Crippen LogP contribution < -0.4 is 5.32 Å². The van der Waals surface area contributed by atoms with Crippen molar-refractivity contribution in [2.24, 2.45) is 0 Å². The molecule has 1 N–H and O–H groups in total. The predicted octanol–water partition coefficient (Wildman–Crippen LogP) is 4.42. The first kappa shape index (κ1) is 18.2. The van der Waals surface area contributed by atoms with Crippen LogP contribution in [0.4, 0.5) is 0 Å². The highest BCUT2D eigenvalue weighted by atomic mass is 16.5. The molecule has 2 unspecified atom stereocenters. The van der Waals surface area contributed by atoms with E-state index in [0.717, 1.165) is 32.4 Å². The summed E-state index contributed by atoms with van der Waals surface area (Å²) in [5.41, 5.74) is 4.27. The van der Waals surface area contributed by atoms with Gasteiger partial charge in [0.15, 0.2) is 0 Å². The van der Waals surface area contributed by atoms with Crippen LogP contribution >= 0.6 is 0 Å². The first-order chi connectivity index (χ1) is 10.1. The number of ether oxygens (including phenoxy) is 1. The van der Waals surface area contributed by atoms with Gasteiger partial charge in [0.25, 0.3) is 0 Å². The smallest absolute Gasteiger partial charge is 0.0731 e. The molecular formula is C19H33NO. The van der Waals surface area contributed by atoms with Gasteiger partial charge < -0.3 is 10.1 Å². The molecule has 21 heavy (non-hydrogen) atoms. The SMILES string of the molecule is CCCNC(Cc1c(C)cccc1C)C(CCC)OCC. The van der Waals surface area contributed by atoms with Crippen LogP contribution in [-0.2, 0) is 11.2 Å². The Balaban J connectivity index is 2.90. The van der Waals surface area contributed by atoms with E-state index >= 15 is 0 Å². The van der Waals surface area contributed by atoms with Gasteiger partial charge in [-0.05, 0) is 63.3 Å². The lowest BCUT2D eigenvalue weighted by atomic mass is 9.92. The maximum absolute atomic E-state index is 6.03. The zero-order chi connectivity index (χ0) is 15.7. The fourth-order valence-electron chi connectivity index (χ4n) is 2.95. The Hall–Kier alpha value is -0.860. The van der Waals surface area contributed by atoms with Crippen LogP contribution in [0.25, 0.3) is 0 Å². The molecule has 0 saturated heterocycles. The van der Waals surface area contributed by atoms with Crippen molar-refractivity contribution in [2.75, 3.05) is 13.2 Å². The average molecular weight is 291 g/mol. The van der Waals surface area contributed by atoms with Crippen molar-refractivity contribution in [3.63, 3.8) is 0 Å². The van der Waals surface area contributed by atoms with Gasteiger partial charge in [-0.25, -0.2) is 0 Å². The molecule has 0 amide bonds. The standard InChI is InChI=1S/C19H33NO/c1-6-10-19(21-8-3)18(20-13-7-2)14-17-15(4)11-9-12-16(17)5/h9,11-12,18-20H,6-8,10,13-14H2,1-5H3. The van der Waals surface area contributed by atoms with Crippen LogP contribution in [0.15, 0.2) is 18.2 Å². The van der Waals surface area contributed by atoms with Crippen molar-refractivity contribution < 1.29 is 4.74 Å². The first-order valence-corrected chi connectivity index (χ1v) is 8.54. The van der Waals surface area contributed by atoms with Gasteiger partial charge in [0.1, 0.15) is 0 Å². The summed E-state index contributed by atoms with van der Waals surface area (Å²) in [6.45, 7) is 12.8. The largest absolute Gasteiger partial charge is 0.377 e. The number of hydrogen-bond acceptors (Lipinski definition) is 2. The zero-order valence-corrected chi connectivity index (χ0v) is 14.5. The first-order valence-electron chi connectivity index (χ1n) is 8.54. The summed E-state index contributed by atoms with van der Waals surface area (Å²) in [6.07, 6.45) is 4.82. The van der Waals surface area contributed by atoms with E-state index in [1.165, 1.54) is 23.1 Å². The molecule has 0 fully saturated rings. The summed E-state index contributed by atoms with van der Waals surface area (Å²) in [5.74, 6) is 0. The van der Waals surface area contributed by atoms with E-state index in [2.05, 4.69) is 58.1 Å². The zero-order valence-electron chi connectivity index (χ0n) is 14.5. The van der Waals surface area contributed by atoms with E-state index in [-0.39, 0.29) is 0 Å². The number of hydrogen-bond donors (Lipinski definition) is 1. The van der Waals surface area contributed by atoms with Gasteiger partial charge in [-0.15, -0.1) is 0 Å². The van der Waals surface area contributed by atoms with Gasteiger partial charge in [-0.3, -0.25) is 0 Å². The summed E-state index contributed by atoms with van der Waals surface area (Å²) in [6, 6.07) is 6.99. The third kappa shape index (κ3) is 5.80. The Morgan fingerprint density at radius 2 is 1.71 bits per heavy atom. The molecule has 0 aliphatic rings. The van der Waals surface area contributed by atoms with E-state index in [4.69, 9.17) is 4.74 Å². The van der Waals surface area contributed by atoms with E-state index in [1.54, 1.807) is 0 Å². The van der Waals surface area contributed by atoms with Gasteiger partial charge >= 0.3 is 0 Å². The molecule has 1 aromatic rings. The molecule has 2 atom stereocenters. The van der Waals surface area contributed by atoms with Crippen molar-refractivity contribution in [3.05, 3.63) is 34.9 Å². The molecule has 0 aliphatic heterocycles. The highest BCUT2D eigenvalue weighted by molar-refractivity contribution is 5.34. The Bertz CT molecular complexity index is 376. The topological polar surface area (TPSA) is 21.3 Å². The molecule has 2 heteroatoms. The predicted molar refractivity (Wildman–Crippen MR) is 92.0 cm³/mol. The van der Waals surface area contributed by atoms with Crippen LogP contribution in [0.5, 0.6) is 0 Å². The highest BCUT2D eigenvalue weighted by Gasteiger charge is 2.22. The molecule has 0 aromatic heterocycles. The molecule has 1 rings (SSSR count). The molecular weight excluding hydrogens is 258 g/mol. The fraction of sp³-hybridized carbons (Fsp3) is 0.684. The van der Waals surface area contributed by atoms with Gasteiger partial charge in [-0.1, -0.05) is 38.5 Å². The van der Waals surface area contributed by atoms with Crippen molar-refractivity contribution in [1.29, 1.82) is 0 Å². The summed E-state index contributed by atoms with van der Waals surface area (Å²) in [4.78, 5) is 0. The minimum absolute atomic E-state index is 0.311. The van der Waals surface area contributed by atoms with Crippen LogP contribution in [0.1, 0.15) is 56.7 Å². The van der Waals surface area contributed by atoms with Gasteiger partial charge in [-0.2, -0.15) is 0 Å². The quantitative estimate of drug-likeness (QED) is 0.689. The second-order valence-corrected chi connectivity index (χ2v) is 5.92. The normalized spacial score (nSPS) is 14.1. The Morgan fingerprint density at radius 3 is 2.24 bits per heavy atom. The summed E-state index contributed by atoms with van der Waals surface area (Å²) in [5, 5.41) is 3.72. The number of nitrogens with one attached hydrogen (secondary N) is 1. The Kier molecular flexibility index (Phi) is 8.63. The maximum atomic E-state index is 6.03. The van der Waals surface area contributed by atoms with Gasteiger partial charge in [0, 0.05) is 12.6 Å². The Labute approximate surface area is 131 Å². The summed E-state index contributed by atoms with van der Waals surface area (Å²) in [7, 11) is 0. The molecule has 0 heterocycles. The number of aryl methyl sites for hydroxylation is 2. The summed E-state index contributed by atoms with van der Waals surface area (Å²) < 4.78 is 6.03. The molecule has 0 spiro atoms. The van der Waals surface area contributed by atoms with E-state index in [0.29, 0.717) is 12.1 Å². The molecule has 0 saturated carbocycles. The Morgan fingerprint density at radius 1 is 1.05 bits per heavy atom. The monoisotopic (exact) mass is 291 g/mol. The molecule has 1 aromatic carbocycles. The minimum Gasteiger partial charge on any atom is -0.377 e. The minimum atomic E-state index is 0.311. The number of benzene rings is 1. The van der Waals surface area contributed by atoms with E-state index in [9.17, 15) is 0 Å². The van der Waals surface area contributed by atoms with Gasteiger partial charge in [0.05, 0.1) is 6.10 Å². The third-order valence-electron chi connectivity index (χ3n) is 4.13. The van der Waals surface area contributed by atoms with Crippen molar-refractivity contribution in [3.8, 4) is 0 Å². The van der Waals surface area contributed by atoms with Crippen LogP contribution in [0, 0.1) is 13.8 Å². The van der Waals surface area contributed by atoms with Crippen LogP contribution in [0.2, 0.25) is 0 Å². The second-order valence-electron chi connectivity index (χ2n) is 5.92. The molecule has 0 aliphatic carbocycles. The summed E-state index contributed by atoms with van der Waals surface area (Å²) >= 11 is 0. The van der Waals surface area contributed by atoms with E-state index < -0.39 is 0 Å². The number of rotatable bonds is 10. The average Bonchev–Trinajstić information content (AvgIpc) is 2.46. The van der Waals surface area contributed by atoms with Gasteiger partial charge in [0.2, 0.25) is 0 Å². The van der Waals surface area contributed by atoms with Crippen LogP contribution in [-0.4, -0.2) is 25.3 Å². The second kappa shape index (κ2) is 9.97. The lowest BCUT2D eigenvalue weighted by Crippen LogP contribution is -2.43. The molecule has 120 valence electrons. The van der Waals surface area contributed by atoms with Crippen LogP contribution in [0.3, 0.4) is 0 Å². The highest BCUT2D eigenvalue weighted by Crippen LogP contribution is 2.19. The van der Waals surface area contributed by atoms with Crippen molar-refractivity contribution >= 4 is 0 Å². The molecule has 2 nitrogen and oxygen atoms in total. The van der Waals surface area contributed by atoms with Crippen molar-refractivity contribution in [1.82, 2.24) is 5.32 Å². The maximum Gasteiger partial charge on any atom is 0.0731 e.